The third kappa shape index (κ3) is 3.43. The molecule has 0 amide bonds. The van der Waals surface area contributed by atoms with Gasteiger partial charge in [0.25, 0.3) is 11.1 Å². The fourth-order valence-electron chi connectivity index (χ4n) is 4.81. The first kappa shape index (κ1) is 20.6. The number of aryl methyl sites for hydroxylation is 1. The number of nitrogens with one attached hydrogen (secondary N) is 1. The van der Waals surface area contributed by atoms with E-state index in [2.05, 4.69) is 10.3 Å². The van der Waals surface area contributed by atoms with Crippen LogP contribution < -0.4 is 16.4 Å². The lowest BCUT2D eigenvalue weighted by Gasteiger charge is -2.25. The van der Waals surface area contributed by atoms with Crippen LogP contribution in [0.15, 0.2) is 76.7 Å². The van der Waals surface area contributed by atoms with Crippen molar-refractivity contribution in [3.63, 3.8) is 0 Å². The van der Waals surface area contributed by atoms with Gasteiger partial charge in [0, 0.05) is 35.5 Å². The van der Waals surface area contributed by atoms with E-state index in [0.29, 0.717) is 22.4 Å². The molecule has 0 saturated carbocycles. The van der Waals surface area contributed by atoms with Crippen LogP contribution in [-0.2, 0) is 0 Å². The molecule has 8 nitrogen and oxygen atoms in total. The van der Waals surface area contributed by atoms with Crippen molar-refractivity contribution in [1.82, 2.24) is 29.0 Å². The highest BCUT2D eigenvalue weighted by molar-refractivity contribution is 5.86. The molecule has 0 unspecified atom stereocenters. The van der Waals surface area contributed by atoms with Crippen molar-refractivity contribution >= 4 is 16.4 Å². The largest absolute Gasteiger partial charge is 0.317 e. The van der Waals surface area contributed by atoms with Gasteiger partial charge >= 0.3 is 0 Å². The summed E-state index contributed by atoms with van der Waals surface area (Å²) < 4.78 is 5.16. The lowest BCUT2D eigenvalue weighted by atomic mass is 10.0. The van der Waals surface area contributed by atoms with E-state index in [1.807, 2.05) is 60.3 Å². The molecule has 8 heteroatoms. The minimum Gasteiger partial charge on any atom is -0.317 e. The highest BCUT2D eigenvalue weighted by Gasteiger charge is 2.18. The second-order valence-electron chi connectivity index (χ2n) is 8.79. The van der Waals surface area contributed by atoms with E-state index in [-0.39, 0.29) is 17.2 Å². The summed E-state index contributed by atoms with van der Waals surface area (Å²) in [5, 5.41) is 9.67. The number of imidazole rings is 1. The molecule has 1 N–H and O–H groups in total. The summed E-state index contributed by atoms with van der Waals surface area (Å²) in [6.07, 6.45) is 7.40. The molecule has 0 radical (unpaired) electrons. The van der Waals surface area contributed by atoms with Gasteiger partial charge in [-0.1, -0.05) is 12.1 Å². The van der Waals surface area contributed by atoms with Crippen molar-refractivity contribution in [3.05, 3.63) is 93.5 Å². The standard InChI is InChI=1S/C26H24N6O2/c1-17-16-32-25(28-17)23(31-12-3-2-4-24(31)33)15-22(29-32)19-5-6-21-18(14-19)9-13-30(26(21)34)20-7-10-27-11-8-20/h2-6,9,12-16,20,27H,7-8,10-11H2,1H3. The summed E-state index contributed by atoms with van der Waals surface area (Å²) in [6.45, 7) is 3.76. The molecular weight excluding hydrogens is 428 g/mol. The van der Waals surface area contributed by atoms with Crippen LogP contribution in [0, 0.1) is 6.92 Å². The second-order valence-corrected chi connectivity index (χ2v) is 8.79. The van der Waals surface area contributed by atoms with Crippen LogP contribution in [0.4, 0.5) is 0 Å². The number of piperidine rings is 1. The topological polar surface area (TPSA) is 86.2 Å². The van der Waals surface area contributed by atoms with E-state index in [1.165, 1.54) is 6.07 Å². The molecular formula is C26H24N6O2. The molecule has 0 spiro atoms. The molecule has 1 aliphatic heterocycles. The normalized spacial score (nSPS) is 14.7. The van der Waals surface area contributed by atoms with Gasteiger partial charge < -0.3 is 9.88 Å². The van der Waals surface area contributed by atoms with E-state index in [0.717, 1.165) is 42.6 Å². The van der Waals surface area contributed by atoms with Crippen LogP contribution in [-0.4, -0.2) is 36.8 Å². The number of hydrogen-bond acceptors (Lipinski definition) is 5. The van der Waals surface area contributed by atoms with Gasteiger partial charge in [0.15, 0.2) is 5.65 Å². The predicted octanol–water partition coefficient (Wildman–Crippen LogP) is 3.10. The third-order valence-electron chi connectivity index (χ3n) is 6.54. The Labute approximate surface area is 195 Å². The van der Waals surface area contributed by atoms with Gasteiger partial charge in [-0.3, -0.25) is 14.2 Å². The summed E-state index contributed by atoms with van der Waals surface area (Å²) in [6, 6.07) is 15.0. The smallest absolute Gasteiger partial charge is 0.258 e. The SMILES string of the molecule is Cc1cn2nc(-c3ccc4c(=O)n(C5CCNCC5)ccc4c3)cc(-n3ccccc3=O)c2n1. The highest BCUT2D eigenvalue weighted by Crippen LogP contribution is 2.26. The van der Waals surface area contributed by atoms with E-state index in [1.54, 1.807) is 21.3 Å². The van der Waals surface area contributed by atoms with E-state index in [9.17, 15) is 9.59 Å². The Balaban J connectivity index is 1.50. The van der Waals surface area contributed by atoms with Gasteiger partial charge in [0.1, 0.15) is 0 Å². The van der Waals surface area contributed by atoms with Gasteiger partial charge in [-0.15, -0.1) is 0 Å². The van der Waals surface area contributed by atoms with Crippen molar-refractivity contribution < 1.29 is 0 Å². The van der Waals surface area contributed by atoms with Crippen LogP contribution in [0.1, 0.15) is 24.6 Å². The molecule has 1 fully saturated rings. The maximum atomic E-state index is 13.2. The van der Waals surface area contributed by atoms with E-state index < -0.39 is 0 Å². The summed E-state index contributed by atoms with van der Waals surface area (Å²) in [4.78, 5) is 30.3. The Morgan fingerprint density at radius 1 is 1.00 bits per heavy atom. The molecule has 170 valence electrons. The predicted molar refractivity (Wildman–Crippen MR) is 132 cm³/mol. The zero-order valence-corrected chi connectivity index (χ0v) is 18.8. The minimum atomic E-state index is -0.140. The zero-order chi connectivity index (χ0) is 23.2. The lowest BCUT2D eigenvalue weighted by molar-refractivity contribution is 0.362. The fourth-order valence-corrected chi connectivity index (χ4v) is 4.81. The molecule has 1 saturated heterocycles. The number of nitrogens with zero attached hydrogens (tertiary/aromatic N) is 5. The average Bonchev–Trinajstić information content (AvgIpc) is 3.24. The molecule has 5 aromatic rings. The summed E-state index contributed by atoms with van der Waals surface area (Å²) in [5.74, 6) is 0. The lowest BCUT2D eigenvalue weighted by Crippen LogP contribution is -2.34. The van der Waals surface area contributed by atoms with Crippen molar-refractivity contribution in [3.8, 4) is 16.9 Å². The fraction of sp³-hybridized carbons (Fsp3) is 0.231. The Hall–Kier alpha value is -4.04. The summed E-state index contributed by atoms with van der Waals surface area (Å²) >= 11 is 0. The Bertz CT molecular complexity index is 1660. The zero-order valence-electron chi connectivity index (χ0n) is 18.8. The number of hydrogen-bond donors (Lipinski definition) is 1. The van der Waals surface area contributed by atoms with E-state index in [4.69, 9.17) is 5.10 Å². The molecule has 0 aliphatic carbocycles. The van der Waals surface area contributed by atoms with Crippen LogP contribution in [0.3, 0.4) is 0 Å². The maximum Gasteiger partial charge on any atom is 0.258 e. The van der Waals surface area contributed by atoms with Crippen molar-refractivity contribution in [2.24, 2.45) is 0 Å². The van der Waals surface area contributed by atoms with Crippen LogP contribution in [0.2, 0.25) is 0 Å². The highest BCUT2D eigenvalue weighted by atomic mass is 16.1. The van der Waals surface area contributed by atoms with Crippen molar-refractivity contribution in [2.45, 2.75) is 25.8 Å². The monoisotopic (exact) mass is 452 g/mol. The first-order valence-electron chi connectivity index (χ1n) is 11.5. The quantitative estimate of drug-likeness (QED) is 0.455. The molecule has 1 aromatic carbocycles. The van der Waals surface area contributed by atoms with Crippen LogP contribution >= 0.6 is 0 Å². The van der Waals surface area contributed by atoms with Gasteiger partial charge in [-0.25, -0.2) is 9.50 Å². The van der Waals surface area contributed by atoms with E-state index >= 15 is 0 Å². The van der Waals surface area contributed by atoms with Gasteiger partial charge in [-0.2, -0.15) is 5.10 Å². The minimum absolute atomic E-state index is 0.0427. The summed E-state index contributed by atoms with van der Waals surface area (Å²) in [7, 11) is 0. The van der Waals surface area contributed by atoms with Crippen LogP contribution in [0.25, 0.3) is 33.4 Å². The third-order valence-corrected chi connectivity index (χ3v) is 6.54. The Kier molecular flexibility index (Phi) is 4.88. The van der Waals surface area contributed by atoms with Gasteiger partial charge in [0.05, 0.1) is 23.3 Å². The molecule has 6 rings (SSSR count). The molecule has 4 aromatic heterocycles. The molecule has 5 heterocycles. The Morgan fingerprint density at radius 3 is 2.68 bits per heavy atom. The first-order valence-corrected chi connectivity index (χ1v) is 11.5. The second kappa shape index (κ2) is 8.07. The van der Waals surface area contributed by atoms with Crippen molar-refractivity contribution in [1.29, 1.82) is 0 Å². The number of fused-ring (bicyclic) bond motifs is 2. The number of benzene rings is 1. The number of aromatic nitrogens is 5. The molecule has 34 heavy (non-hydrogen) atoms. The number of pyridine rings is 2. The summed E-state index contributed by atoms with van der Waals surface area (Å²) in [5.41, 5.74) is 3.54. The van der Waals surface area contributed by atoms with Gasteiger partial charge in [-0.05, 0) is 68.6 Å². The Morgan fingerprint density at radius 2 is 1.85 bits per heavy atom. The molecule has 1 aliphatic rings. The van der Waals surface area contributed by atoms with Crippen molar-refractivity contribution in [2.75, 3.05) is 13.1 Å². The average molecular weight is 453 g/mol. The van der Waals surface area contributed by atoms with Gasteiger partial charge in [0.2, 0.25) is 0 Å². The molecule has 0 atom stereocenters. The van der Waals surface area contributed by atoms with Crippen LogP contribution in [0.5, 0.6) is 0 Å². The molecule has 0 bridgehead atoms. The first-order chi connectivity index (χ1) is 16.6. The number of rotatable bonds is 3. The maximum absolute atomic E-state index is 13.2.